The minimum Gasteiger partial charge on any atom is -0.442 e. The Morgan fingerprint density at radius 1 is 1.47 bits per heavy atom. The number of nitrogens with zero attached hydrogens (tertiary/aromatic N) is 1. The van der Waals surface area contributed by atoms with Crippen molar-refractivity contribution in [3.8, 4) is 6.07 Å². The lowest BCUT2D eigenvalue weighted by Gasteiger charge is -2.16. The Balaban J connectivity index is 2.80. The van der Waals surface area contributed by atoms with E-state index in [1.807, 2.05) is 6.07 Å². The third-order valence-corrected chi connectivity index (χ3v) is 2.49. The van der Waals surface area contributed by atoms with Crippen molar-refractivity contribution in [2.75, 3.05) is 0 Å². The number of primary amides is 1. The molecule has 1 atom stereocenters. The predicted molar refractivity (Wildman–Crippen MR) is 64.1 cm³/mol. The Hall–Kier alpha value is -2.02. The largest absolute Gasteiger partial charge is 0.442 e. The Morgan fingerprint density at radius 3 is 2.59 bits per heavy atom. The van der Waals surface area contributed by atoms with Crippen LogP contribution in [0.5, 0.6) is 0 Å². The summed E-state index contributed by atoms with van der Waals surface area (Å²) in [4.78, 5) is 10.8. The van der Waals surface area contributed by atoms with Gasteiger partial charge in [0, 0.05) is 0 Å². The number of nitriles is 1. The number of carbonyl (C=O) groups is 1. The summed E-state index contributed by atoms with van der Waals surface area (Å²) in [5.41, 5.74) is 6.50. The number of benzene rings is 1. The van der Waals surface area contributed by atoms with E-state index in [4.69, 9.17) is 15.7 Å². The van der Waals surface area contributed by atoms with Crippen LogP contribution < -0.4 is 5.73 Å². The molecule has 0 heterocycles. The smallest absolute Gasteiger partial charge is 0.405 e. The Morgan fingerprint density at radius 2 is 2.12 bits per heavy atom. The van der Waals surface area contributed by atoms with Gasteiger partial charge >= 0.3 is 6.09 Å². The number of carbonyl (C=O) groups excluding carboxylic acids is 1. The first-order chi connectivity index (χ1) is 8.17. The highest BCUT2D eigenvalue weighted by Gasteiger charge is 2.14. The van der Waals surface area contributed by atoms with Gasteiger partial charge in [0.25, 0.3) is 0 Å². The topological polar surface area (TPSA) is 76.1 Å². The van der Waals surface area contributed by atoms with Gasteiger partial charge in [-0.15, -0.1) is 0 Å². The molecular weight excluding hydrogens is 216 g/mol. The molecule has 4 nitrogen and oxygen atoms in total. The highest BCUT2D eigenvalue weighted by molar-refractivity contribution is 5.65. The molecule has 1 unspecified atom stereocenters. The molecule has 0 fully saturated rings. The van der Waals surface area contributed by atoms with Crippen molar-refractivity contribution < 1.29 is 9.53 Å². The monoisotopic (exact) mass is 232 g/mol. The van der Waals surface area contributed by atoms with Crippen LogP contribution in [-0.2, 0) is 4.74 Å². The third kappa shape index (κ3) is 4.15. The quantitative estimate of drug-likeness (QED) is 0.847. The average molecular weight is 232 g/mol. The van der Waals surface area contributed by atoms with Crippen LogP contribution in [-0.4, -0.2) is 6.09 Å². The van der Waals surface area contributed by atoms with E-state index >= 15 is 0 Å². The molecule has 0 aliphatic heterocycles. The van der Waals surface area contributed by atoms with E-state index in [1.54, 1.807) is 24.3 Å². The molecule has 17 heavy (non-hydrogen) atoms. The summed E-state index contributed by atoms with van der Waals surface area (Å²) in [6.45, 7) is 2.07. The molecule has 0 aliphatic rings. The van der Waals surface area contributed by atoms with Crippen molar-refractivity contribution in [1.82, 2.24) is 0 Å². The fourth-order valence-corrected chi connectivity index (χ4v) is 1.60. The molecule has 0 aromatic heterocycles. The zero-order valence-electron chi connectivity index (χ0n) is 9.85. The second kappa shape index (κ2) is 6.54. The molecule has 4 heteroatoms. The number of hydrogen-bond acceptors (Lipinski definition) is 3. The summed E-state index contributed by atoms with van der Waals surface area (Å²) in [6, 6.07) is 9.05. The lowest BCUT2D eigenvalue weighted by Crippen LogP contribution is -2.17. The summed E-state index contributed by atoms with van der Waals surface area (Å²) < 4.78 is 5.07. The second-order valence-corrected chi connectivity index (χ2v) is 3.80. The van der Waals surface area contributed by atoms with Crippen LogP contribution in [0.25, 0.3) is 0 Å². The summed E-state index contributed by atoms with van der Waals surface area (Å²) in [6.07, 6.45) is 1.63. The maximum absolute atomic E-state index is 10.8. The van der Waals surface area contributed by atoms with E-state index in [9.17, 15) is 4.79 Å². The molecule has 1 amide bonds. The van der Waals surface area contributed by atoms with Gasteiger partial charge in [-0.3, -0.25) is 0 Å². The number of rotatable bonds is 5. The van der Waals surface area contributed by atoms with Gasteiger partial charge in [-0.25, -0.2) is 4.79 Å². The normalized spacial score (nSPS) is 11.5. The predicted octanol–water partition coefficient (Wildman–Crippen LogP) is 2.88. The first-order valence-corrected chi connectivity index (χ1v) is 5.63. The molecule has 0 bridgehead atoms. The van der Waals surface area contributed by atoms with Crippen LogP contribution in [0.1, 0.15) is 43.4 Å². The van der Waals surface area contributed by atoms with Gasteiger partial charge < -0.3 is 10.5 Å². The molecule has 1 aromatic carbocycles. The van der Waals surface area contributed by atoms with Gasteiger partial charge in [-0.2, -0.15) is 5.26 Å². The van der Waals surface area contributed by atoms with Crippen LogP contribution in [0.4, 0.5) is 4.79 Å². The van der Waals surface area contributed by atoms with E-state index in [0.717, 1.165) is 24.8 Å². The van der Waals surface area contributed by atoms with Crippen LogP contribution in [0, 0.1) is 11.3 Å². The van der Waals surface area contributed by atoms with E-state index in [-0.39, 0.29) is 6.10 Å². The van der Waals surface area contributed by atoms with Crippen molar-refractivity contribution in [2.24, 2.45) is 5.73 Å². The fourth-order valence-electron chi connectivity index (χ4n) is 1.60. The summed E-state index contributed by atoms with van der Waals surface area (Å²) in [5.74, 6) is 0. The highest BCUT2D eigenvalue weighted by atomic mass is 16.6. The van der Waals surface area contributed by atoms with Gasteiger partial charge in [0.2, 0.25) is 0 Å². The first kappa shape index (κ1) is 13.0. The van der Waals surface area contributed by atoms with Crippen molar-refractivity contribution in [1.29, 1.82) is 5.26 Å². The van der Waals surface area contributed by atoms with Gasteiger partial charge in [0.15, 0.2) is 0 Å². The zero-order valence-corrected chi connectivity index (χ0v) is 9.85. The standard InChI is InChI=1S/C13H16N2O2/c1-2-3-4-12(17-13(15)16)11-7-5-10(9-14)6-8-11/h5-8,12H,2-4H2,1H3,(H2,15,16). The first-order valence-electron chi connectivity index (χ1n) is 5.63. The highest BCUT2D eigenvalue weighted by Crippen LogP contribution is 2.23. The van der Waals surface area contributed by atoms with Crippen molar-refractivity contribution >= 4 is 6.09 Å². The minimum atomic E-state index is -0.768. The zero-order chi connectivity index (χ0) is 12.7. The number of unbranched alkanes of at least 4 members (excludes halogenated alkanes) is 1. The maximum Gasteiger partial charge on any atom is 0.405 e. The fraction of sp³-hybridized carbons (Fsp3) is 0.385. The summed E-state index contributed by atoms with van der Waals surface area (Å²) in [7, 11) is 0. The molecular formula is C13H16N2O2. The molecule has 0 spiro atoms. The Bertz CT molecular complexity index is 406. The summed E-state index contributed by atoms with van der Waals surface area (Å²) >= 11 is 0. The van der Waals surface area contributed by atoms with Crippen LogP contribution >= 0.6 is 0 Å². The number of nitrogens with two attached hydrogens (primary N) is 1. The molecule has 1 rings (SSSR count). The second-order valence-electron chi connectivity index (χ2n) is 3.80. The van der Waals surface area contributed by atoms with E-state index < -0.39 is 6.09 Å². The van der Waals surface area contributed by atoms with Gasteiger partial charge in [-0.1, -0.05) is 25.5 Å². The van der Waals surface area contributed by atoms with Crippen molar-refractivity contribution in [3.05, 3.63) is 35.4 Å². The number of ether oxygens (including phenoxy) is 1. The van der Waals surface area contributed by atoms with Crippen LogP contribution in [0.15, 0.2) is 24.3 Å². The minimum absolute atomic E-state index is 0.319. The third-order valence-electron chi connectivity index (χ3n) is 2.49. The van der Waals surface area contributed by atoms with Crippen LogP contribution in [0.2, 0.25) is 0 Å². The molecule has 2 N–H and O–H groups in total. The summed E-state index contributed by atoms with van der Waals surface area (Å²) in [5, 5.41) is 8.70. The van der Waals surface area contributed by atoms with E-state index in [2.05, 4.69) is 6.92 Å². The number of hydrogen-bond donors (Lipinski definition) is 1. The van der Waals surface area contributed by atoms with Gasteiger partial charge in [0.1, 0.15) is 6.10 Å². The molecule has 0 radical (unpaired) electrons. The molecule has 0 saturated carbocycles. The van der Waals surface area contributed by atoms with E-state index in [0.29, 0.717) is 5.56 Å². The van der Waals surface area contributed by atoms with Crippen molar-refractivity contribution in [3.63, 3.8) is 0 Å². The Kier molecular flexibility index (Phi) is 5.02. The molecule has 0 saturated heterocycles. The SMILES string of the molecule is CCCCC(OC(N)=O)c1ccc(C#N)cc1. The lowest BCUT2D eigenvalue weighted by atomic mass is 10.0. The molecule has 1 aromatic rings. The van der Waals surface area contributed by atoms with Crippen molar-refractivity contribution in [2.45, 2.75) is 32.3 Å². The number of amides is 1. The average Bonchev–Trinajstić information content (AvgIpc) is 2.34. The Labute approximate surface area is 101 Å². The lowest BCUT2D eigenvalue weighted by molar-refractivity contribution is 0.0997. The molecule has 0 aliphatic carbocycles. The van der Waals surface area contributed by atoms with Gasteiger partial charge in [-0.05, 0) is 30.5 Å². The maximum atomic E-state index is 10.8. The van der Waals surface area contributed by atoms with Crippen LogP contribution in [0.3, 0.4) is 0 Å². The molecule has 90 valence electrons. The van der Waals surface area contributed by atoms with Gasteiger partial charge in [0.05, 0.1) is 11.6 Å². The van der Waals surface area contributed by atoms with E-state index in [1.165, 1.54) is 0 Å².